The smallest absolute Gasteiger partial charge is 0.415 e. The lowest BCUT2D eigenvalue weighted by Crippen LogP contribution is -2.40. The van der Waals surface area contributed by atoms with E-state index in [-0.39, 0.29) is 11.3 Å². The highest BCUT2D eigenvalue weighted by Gasteiger charge is 2.44. The number of hydrogen-bond acceptors (Lipinski definition) is 4. The second-order valence-electron chi connectivity index (χ2n) is 3.94. The fourth-order valence-electron chi connectivity index (χ4n) is 1.62. The molecule has 0 aliphatic rings. The van der Waals surface area contributed by atoms with E-state index in [0.717, 1.165) is 12.3 Å². The first-order valence-electron chi connectivity index (χ1n) is 5.09. The normalized spacial score (nSPS) is 13.7. The molecule has 0 saturated heterocycles. The third kappa shape index (κ3) is 2.44. The van der Waals surface area contributed by atoms with Gasteiger partial charge in [0.1, 0.15) is 12.0 Å². The van der Waals surface area contributed by atoms with Crippen molar-refractivity contribution in [3.63, 3.8) is 0 Å². The van der Waals surface area contributed by atoms with Crippen LogP contribution in [0.25, 0.3) is 0 Å². The van der Waals surface area contributed by atoms with Gasteiger partial charge >= 0.3 is 6.18 Å². The van der Waals surface area contributed by atoms with Crippen LogP contribution in [0.15, 0.2) is 30.8 Å². The van der Waals surface area contributed by atoms with Crippen molar-refractivity contribution in [2.24, 2.45) is 0 Å². The van der Waals surface area contributed by atoms with Gasteiger partial charge in [0.25, 0.3) is 0 Å². The summed E-state index contributed by atoms with van der Waals surface area (Å²) in [5, 5.41) is 2.02. The van der Waals surface area contributed by atoms with Crippen LogP contribution in [0, 0.1) is 6.92 Å². The second-order valence-corrected chi connectivity index (χ2v) is 4.86. The third-order valence-corrected chi connectivity index (χ3v) is 3.05. The van der Waals surface area contributed by atoms with E-state index in [4.69, 9.17) is 4.42 Å². The lowest BCUT2D eigenvalue weighted by molar-refractivity contribution is -0.147. The van der Waals surface area contributed by atoms with Gasteiger partial charge in [-0.1, -0.05) is 0 Å². The van der Waals surface area contributed by atoms with Crippen LogP contribution in [0.1, 0.15) is 17.4 Å². The Bertz CT molecular complexity index is 682. The Morgan fingerprint density at radius 3 is 2.37 bits per heavy atom. The van der Waals surface area contributed by atoms with Crippen molar-refractivity contribution >= 4 is 21.6 Å². The highest BCUT2D eigenvalue weighted by molar-refractivity contribution is 9.10. The third-order valence-electron chi connectivity index (χ3n) is 2.64. The van der Waals surface area contributed by atoms with Crippen molar-refractivity contribution < 1.29 is 17.6 Å². The summed E-state index contributed by atoms with van der Waals surface area (Å²) in [7, 11) is 0. The van der Waals surface area contributed by atoms with E-state index in [2.05, 4.69) is 15.9 Å². The van der Waals surface area contributed by atoms with Gasteiger partial charge in [-0.25, -0.2) is 0 Å². The molecule has 0 aliphatic carbocycles. The van der Waals surface area contributed by atoms with Crippen LogP contribution in [-0.2, 0) is 0 Å². The van der Waals surface area contributed by atoms with E-state index in [1.807, 2.05) is 5.32 Å². The molecular weight excluding hydrogens is 331 g/mol. The van der Waals surface area contributed by atoms with Gasteiger partial charge in [0.05, 0.1) is 10.2 Å². The average Bonchev–Trinajstić information content (AvgIpc) is 2.73. The molecule has 4 nitrogen and oxygen atoms in total. The van der Waals surface area contributed by atoms with Crippen LogP contribution in [0.3, 0.4) is 0 Å². The second kappa shape index (κ2) is 4.52. The molecule has 0 aliphatic heterocycles. The van der Waals surface area contributed by atoms with Crippen molar-refractivity contribution in [2.75, 3.05) is 5.32 Å². The minimum Gasteiger partial charge on any atom is -0.466 e. The first-order chi connectivity index (χ1) is 8.71. The number of alkyl halides is 3. The standard InChI is InChI=1S/C11H7BrF3NO3/c1-4-7(9(18)8(4)17)16-10(11(13,14)15)6-2-5(12)3-19-6/h2-3,10,16H,1H3/t10-/m0/s1. The van der Waals surface area contributed by atoms with Gasteiger partial charge < -0.3 is 9.73 Å². The van der Waals surface area contributed by atoms with E-state index < -0.39 is 28.8 Å². The van der Waals surface area contributed by atoms with E-state index in [0.29, 0.717) is 4.47 Å². The highest BCUT2D eigenvalue weighted by Crippen LogP contribution is 2.37. The summed E-state index contributed by atoms with van der Waals surface area (Å²) in [6.45, 7) is 1.29. The van der Waals surface area contributed by atoms with Gasteiger partial charge in [-0.2, -0.15) is 13.2 Å². The molecule has 1 heterocycles. The monoisotopic (exact) mass is 337 g/mol. The number of halogens is 4. The van der Waals surface area contributed by atoms with Crippen LogP contribution >= 0.6 is 15.9 Å². The van der Waals surface area contributed by atoms with Crippen LogP contribution in [0.4, 0.5) is 18.9 Å². The molecule has 19 heavy (non-hydrogen) atoms. The fourth-order valence-corrected chi connectivity index (χ4v) is 1.94. The van der Waals surface area contributed by atoms with E-state index in [9.17, 15) is 22.8 Å². The van der Waals surface area contributed by atoms with Gasteiger partial charge in [-0.05, 0) is 28.9 Å². The molecular formula is C11H7BrF3NO3. The molecule has 0 amide bonds. The quantitative estimate of drug-likeness (QED) is 0.875. The SMILES string of the molecule is Cc1c(N[C@@H](c2cc(Br)co2)C(F)(F)F)c(=O)c1=O. The maximum atomic E-state index is 12.9. The molecule has 2 aromatic rings. The minimum absolute atomic E-state index is 0.00938. The van der Waals surface area contributed by atoms with Gasteiger partial charge in [0.2, 0.25) is 10.9 Å². The topological polar surface area (TPSA) is 59.3 Å². The Morgan fingerprint density at radius 1 is 1.32 bits per heavy atom. The fraction of sp³-hybridized carbons (Fsp3) is 0.273. The van der Waals surface area contributed by atoms with Crippen molar-refractivity contribution in [3.05, 3.63) is 48.6 Å². The summed E-state index contributed by atoms with van der Waals surface area (Å²) in [5.74, 6) is -0.396. The van der Waals surface area contributed by atoms with Crippen molar-refractivity contribution in [1.82, 2.24) is 0 Å². The Balaban J connectivity index is 2.36. The van der Waals surface area contributed by atoms with Crippen molar-refractivity contribution in [1.29, 1.82) is 0 Å². The summed E-state index contributed by atoms with van der Waals surface area (Å²) in [6.07, 6.45) is -3.56. The first-order valence-corrected chi connectivity index (χ1v) is 5.88. The summed E-state index contributed by atoms with van der Waals surface area (Å²) in [4.78, 5) is 22.2. The van der Waals surface area contributed by atoms with Crippen molar-refractivity contribution in [3.8, 4) is 0 Å². The molecule has 102 valence electrons. The molecule has 0 fully saturated rings. The maximum Gasteiger partial charge on any atom is 0.415 e. The molecule has 1 N–H and O–H groups in total. The number of anilines is 1. The van der Waals surface area contributed by atoms with Crippen LogP contribution in [0.2, 0.25) is 0 Å². The molecule has 1 aromatic heterocycles. The molecule has 2 rings (SSSR count). The zero-order chi connectivity index (χ0) is 14.4. The Labute approximate surface area is 113 Å². The molecule has 0 unspecified atom stereocenters. The summed E-state index contributed by atoms with van der Waals surface area (Å²) in [5.41, 5.74) is -2.05. The Hall–Kier alpha value is -1.57. The Morgan fingerprint density at radius 2 is 1.95 bits per heavy atom. The number of hydrogen-bond donors (Lipinski definition) is 1. The first kappa shape index (κ1) is 13.9. The van der Waals surface area contributed by atoms with Gasteiger partial charge in [-0.15, -0.1) is 0 Å². The summed E-state index contributed by atoms with van der Waals surface area (Å²) < 4.78 is 43.9. The summed E-state index contributed by atoms with van der Waals surface area (Å²) in [6, 6.07) is -1.03. The van der Waals surface area contributed by atoms with Crippen molar-refractivity contribution in [2.45, 2.75) is 19.1 Å². The van der Waals surface area contributed by atoms with E-state index in [1.54, 1.807) is 0 Å². The summed E-state index contributed by atoms with van der Waals surface area (Å²) >= 11 is 2.98. The molecule has 0 spiro atoms. The van der Waals surface area contributed by atoms with Gasteiger partial charge in [-0.3, -0.25) is 9.59 Å². The van der Waals surface area contributed by atoms with E-state index >= 15 is 0 Å². The van der Waals surface area contributed by atoms with Crippen LogP contribution < -0.4 is 16.2 Å². The molecule has 8 heteroatoms. The molecule has 0 saturated carbocycles. The molecule has 1 aromatic carbocycles. The highest BCUT2D eigenvalue weighted by atomic mass is 79.9. The lowest BCUT2D eigenvalue weighted by atomic mass is 10.1. The zero-order valence-electron chi connectivity index (χ0n) is 9.47. The largest absolute Gasteiger partial charge is 0.466 e. The molecule has 0 radical (unpaired) electrons. The minimum atomic E-state index is -4.66. The predicted octanol–water partition coefficient (Wildman–Crippen LogP) is 2.66. The molecule has 0 bridgehead atoms. The Kier molecular flexibility index (Phi) is 3.29. The molecule has 1 atom stereocenters. The number of nitrogens with one attached hydrogen (secondary N) is 1. The number of furan rings is 1. The van der Waals surface area contributed by atoms with Crippen LogP contribution in [0.5, 0.6) is 0 Å². The van der Waals surface area contributed by atoms with Gasteiger partial charge in [0, 0.05) is 5.56 Å². The van der Waals surface area contributed by atoms with E-state index in [1.165, 1.54) is 6.92 Å². The average molecular weight is 338 g/mol. The van der Waals surface area contributed by atoms with Crippen LogP contribution in [-0.4, -0.2) is 6.18 Å². The predicted molar refractivity (Wildman–Crippen MR) is 64.9 cm³/mol. The lowest BCUT2D eigenvalue weighted by Gasteiger charge is -2.21. The maximum absolute atomic E-state index is 12.9. The number of rotatable bonds is 3. The zero-order valence-corrected chi connectivity index (χ0v) is 11.1. The van der Waals surface area contributed by atoms with Gasteiger partial charge in [0.15, 0.2) is 6.04 Å².